The van der Waals surface area contributed by atoms with Gasteiger partial charge in [-0.05, 0) is 54.8 Å². The molecular formula is C21H18BrN3O3. The number of nitrogens with zero attached hydrogens (tertiary/aromatic N) is 3. The standard InChI is InChI=1S/C21H18BrN3O3/c1-13-6-16(11-23)7-14(2)21(13)28-20-9-19(24-12-25-20)27-17-5-4-15(10-22)8-18(17)26-3/h4-9,12H,10H2,1-3H3. The first-order chi connectivity index (χ1) is 13.5. The molecule has 6 nitrogen and oxygen atoms in total. The van der Waals surface area contributed by atoms with Crippen molar-refractivity contribution in [2.45, 2.75) is 19.2 Å². The zero-order valence-corrected chi connectivity index (χ0v) is 17.3. The van der Waals surface area contributed by atoms with Crippen LogP contribution in [0.25, 0.3) is 0 Å². The van der Waals surface area contributed by atoms with Gasteiger partial charge in [-0.25, -0.2) is 9.97 Å². The van der Waals surface area contributed by atoms with Crippen LogP contribution in [0.1, 0.15) is 22.3 Å². The molecule has 1 heterocycles. The van der Waals surface area contributed by atoms with E-state index in [-0.39, 0.29) is 0 Å². The van der Waals surface area contributed by atoms with Crippen LogP contribution in [0.2, 0.25) is 0 Å². The van der Waals surface area contributed by atoms with E-state index in [1.807, 2.05) is 32.0 Å². The molecule has 0 saturated carbocycles. The first kappa shape index (κ1) is 19.6. The number of methoxy groups -OCH3 is 1. The summed E-state index contributed by atoms with van der Waals surface area (Å²) in [6.07, 6.45) is 1.37. The first-order valence-electron chi connectivity index (χ1n) is 8.46. The predicted molar refractivity (Wildman–Crippen MR) is 108 cm³/mol. The number of alkyl halides is 1. The highest BCUT2D eigenvalue weighted by atomic mass is 79.9. The Morgan fingerprint density at radius 2 is 1.64 bits per heavy atom. The minimum Gasteiger partial charge on any atom is -0.493 e. The lowest BCUT2D eigenvalue weighted by Crippen LogP contribution is -1.97. The van der Waals surface area contributed by atoms with Crippen molar-refractivity contribution < 1.29 is 14.2 Å². The summed E-state index contributed by atoms with van der Waals surface area (Å²) < 4.78 is 17.2. The molecule has 2 aromatic carbocycles. The van der Waals surface area contributed by atoms with Gasteiger partial charge >= 0.3 is 0 Å². The second-order valence-electron chi connectivity index (χ2n) is 6.07. The van der Waals surface area contributed by atoms with E-state index in [0.717, 1.165) is 22.0 Å². The molecule has 0 aliphatic rings. The van der Waals surface area contributed by atoms with E-state index in [0.29, 0.717) is 34.6 Å². The summed E-state index contributed by atoms with van der Waals surface area (Å²) in [6, 6.07) is 13.0. The average Bonchev–Trinajstić information content (AvgIpc) is 2.71. The van der Waals surface area contributed by atoms with Crippen molar-refractivity contribution in [3.63, 3.8) is 0 Å². The summed E-state index contributed by atoms with van der Waals surface area (Å²) in [4.78, 5) is 8.30. The molecule has 28 heavy (non-hydrogen) atoms. The van der Waals surface area contributed by atoms with Crippen molar-refractivity contribution >= 4 is 15.9 Å². The minimum atomic E-state index is 0.332. The lowest BCUT2D eigenvalue weighted by molar-refractivity contribution is 0.371. The van der Waals surface area contributed by atoms with Gasteiger partial charge in [0.2, 0.25) is 11.8 Å². The van der Waals surface area contributed by atoms with Gasteiger partial charge in [0.25, 0.3) is 0 Å². The van der Waals surface area contributed by atoms with Crippen LogP contribution in [-0.2, 0) is 5.33 Å². The van der Waals surface area contributed by atoms with Crippen molar-refractivity contribution in [1.82, 2.24) is 9.97 Å². The molecule has 3 rings (SSSR count). The Morgan fingerprint density at radius 1 is 0.964 bits per heavy atom. The Balaban J connectivity index is 1.85. The van der Waals surface area contributed by atoms with Crippen molar-refractivity contribution in [1.29, 1.82) is 5.26 Å². The second-order valence-corrected chi connectivity index (χ2v) is 6.63. The van der Waals surface area contributed by atoms with Gasteiger partial charge in [-0.15, -0.1) is 0 Å². The molecule has 0 aliphatic carbocycles. The van der Waals surface area contributed by atoms with Crippen molar-refractivity contribution in [2.75, 3.05) is 7.11 Å². The lowest BCUT2D eigenvalue weighted by atomic mass is 10.1. The minimum absolute atomic E-state index is 0.332. The third kappa shape index (κ3) is 4.41. The van der Waals surface area contributed by atoms with Crippen LogP contribution < -0.4 is 14.2 Å². The first-order valence-corrected chi connectivity index (χ1v) is 9.58. The summed E-state index contributed by atoms with van der Waals surface area (Å²) in [5.41, 5.74) is 3.37. The van der Waals surface area contributed by atoms with Crippen LogP contribution in [0, 0.1) is 25.2 Å². The summed E-state index contributed by atoms with van der Waals surface area (Å²) >= 11 is 3.42. The summed E-state index contributed by atoms with van der Waals surface area (Å²) in [6.45, 7) is 3.77. The zero-order valence-electron chi connectivity index (χ0n) is 15.7. The summed E-state index contributed by atoms with van der Waals surface area (Å²) in [5.74, 6) is 2.48. The third-order valence-electron chi connectivity index (χ3n) is 4.01. The normalized spacial score (nSPS) is 10.2. The molecule has 0 spiro atoms. The number of hydrogen-bond donors (Lipinski definition) is 0. The van der Waals surface area contributed by atoms with Gasteiger partial charge < -0.3 is 14.2 Å². The molecule has 142 valence electrons. The van der Waals surface area contributed by atoms with E-state index in [2.05, 4.69) is 32.0 Å². The second kappa shape index (κ2) is 8.72. The van der Waals surface area contributed by atoms with Gasteiger partial charge in [-0.1, -0.05) is 22.0 Å². The molecule has 0 N–H and O–H groups in total. The number of halogens is 1. The van der Waals surface area contributed by atoms with Crippen molar-refractivity contribution in [3.8, 4) is 35.1 Å². The number of ether oxygens (including phenoxy) is 3. The molecule has 0 unspecified atom stereocenters. The highest BCUT2D eigenvalue weighted by molar-refractivity contribution is 9.08. The van der Waals surface area contributed by atoms with E-state index in [9.17, 15) is 0 Å². The maximum atomic E-state index is 9.08. The highest BCUT2D eigenvalue weighted by Gasteiger charge is 2.12. The third-order valence-corrected chi connectivity index (χ3v) is 4.66. The van der Waals surface area contributed by atoms with Gasteiger partial charge in [0.05, 0.1) is 24.8 Å². The lowest BCUT2D eigenvalue weighted by Gasteiger charge is -2.13. The molecule has 1 aromatic heterocycles. The zero-order chi connectivity index (χ0) is 20.1. The van der Waals surface area contributed by atoms with Gasteiger partial charge in [-0.3, -0.25) is 0 Å². The van der Waals surface area contributed by atoms with Crippen LogP contribution in [0.5, 0.6) is 29.0 Å². The van der Waals surface area contributed by atoms with Crippen LogP contribution in [-0.4, -0.2) is 17.1 Å². The van der Waals surface area contributed by atoms with Gasteiger partial charge in [0.15, 0.2) is 11.5 Å². The molecular weight excluding hydrogens is 422 g/mol. The Hall–Kier alpha value is -3.11. The largest absolute Gasteiger partial charge is 0.493 e. The molecule has 0 saturated heterocycles. The Morgan fingerprint density at radius 3 is 2.25 bits per heavy atom. The Labute approximate surface area is 171 Å². The molecule has 0 fully saturated rings. The number of benzene rings is 2. The van der Waals surface area contributed by atoms with E-state index in [1.54, 1.807) is 25.3 Å². The molecule has 0 bridgehead atoms. The highest BCUT2D eigenvalue weighted by Crippen LogP contribution is 2.34. The van der Waals surface area contributed by atoms with E-state index in [1.165, 1.54) is 6.33 Å². The number of hydrogen-bond acceptors (Lipinski definition) is 6. The van der Waals surface area contributed by atoms with Crippen LogP contribution in [0.3, 0.4) is 0 Å². The molecule has 0 radical (unpaired) electrons. The van der Waals surface area contributed by atoms with E-state index in [4.69, 9.17) is 19.5 Å². The summed E-state index contributed by atoms with van der Waals surface area (Å²) in [7, 11) is 1.59. The maximum Gasteiger partial charge on any atom is 0.226 e. The topological polar surface area (TPSA) is 77.3 Å². The van der Waals surface area contributed by atoms with E-state index < -0.39 is 0 Å². The fourth-order valence-corrected chi connectivity index (χ4v) is 3.06. The molecule has 0 amide bonds. The van der Waals surface area contributed by atoms with Gasteiger partial charge in [0, 0.05) is 5.33 Å². The Kier molecular flexibility index (Phi) is 6.12. The smallest absolute Gasteiger partial charge is 0.226 e. The molecule has 0 atom stereocenters. The molecule has 7 heteroatoms. The fourth-order valence-electron chi connectivity index (χ4n) is 2.71. The van der Waals surface area contributed by atoms with Gasteiger partial charge in [-0.2, -0.15) is 5.26 Å². The number of aryl methyl sites for hydroxylation is 2. The van der Waals surface area contributed by atoms with Crippen LogP contribution >= 0.6 is 15.9 Å². The molecule has 0 aliphatic heterocycles. The van der Waals surface area contributed by atoms with Crippen LogP contribution in [0.15, 0.2) is 42.7 Å². The van der Waals surface area contributed by atoms with Gasteiger partial charge in [0.1, 0.15) is 12.1 Å². The average molecular weight is 440 g/mol. The van der Waals surface area contributed by atoms with Crippen LogP contribution in [0.4, 0.5) is 0 Å². The fraction of sp³-hybridized carbons (Fsp3) is 0.190. The number of rotatable bonds is 6. The number of aromatic nitrogens is 2. The van der Waals surface area contributed by atoms with E-state index >= 15 is 0 Å². The predicted octanol–water partition coefficient (Wildman–Crippen LogP) is 5.45. The Bertz CT molecular complexity index is 1020. The monoisotopic (exact) mass is 439 g/mol. The number of nitriles is 1. The maximum absolute atomic E-state index is 9.08. The quantitative estimate of drug-likeness (QED) is 0.474. The van der Waals surface area contributed by atoms with Crippen molar-refractivity contribution in [3.05, 3.63) is 65.0 Å². The molecule has 3 aromatic rings. The van der Waals surface area contributed by atoms with Crippen molar-refractivity contribution in [2.24, 2.45) is 0 Å². The summed E-state index contributed by atoms with van der Waals surface area (Å²) in [5, 5.41) is 9.80. The SMILES string of the molecule is COc1cc(CBr)ccc1Oc1cc(Oc2c(C)cc(C#N)cc2C)ncn1.